The van der Waals surface area contributed by atoms with Crippen molar-refractivity contribution in [3.63, 3.8) is 0 Å². The van der Waals surface area contributed by atoms with E-state index in [4.69, 9.17) is 0 Å². The molecule has 136 valence electrons. The van der Waals surface area contributed by atoms with Gasteiger partial charge in [-0.1, -0.05) is 18.2 Å². The van der Waals surface area contributed by atoms with E-state index in [1.807, 2.05) is 24.3 Å². The van der Waals surface area contributed by atoms with Crippen LogP contribution in [0.4, 0.5) is 11.4 Å². The van der Waals surface area contributed by atoms with Crippen molar-refractivity contribution in [2.75, 3.05) is 23.3 Å². The number of thiophene rings is 1. The zero-order valence-electron chi connectivity index (χ0n) is 15.1. The highest BCUT2D eigenvalue weighted by Crippen LogP contribution is 2.38. The summed E-state index contributed by atoms with van der Waals surface area (Å²) in [6.45, 7) is 4.85. The Hall–Kier alpha value is -2.18. The first-order chi connectivity index (χ1) is 12.5. The number of para-hydroxylation sites is 2. The van der Waals surface area contributed by atoms with E-state index >= 15 is 0 Å². The third-order valence-electron chi connectivity index (χ3n) is 5.33. The van der Waals surface area contributed by atoms with E-state index in [2.05, 4.69) is 27.7 Å². The Kier molecular flexibility index (Phi) is 4.32. The van der Waals surface area contributed by atoms with Crippen molar-refractivity contribution in [1.82, 2.24) is 4.90 Å². The zero-order valence-corrected chi connectivity index (χ0v) is 15.9. The van der Waals surface area contributed by atoms with E-state index in [0.29, 0.717) is 18.3 Å². The number of anilines is 2. The minimum Gasteiger partial charge on any atom is -0.322 e. The second-order valence-electron chi connectivity index (χ2n) is 7.40. The molecule has 26 heavy (non-hydrogen) atoms. The molecule has 5 nitrogen and oxygen atoms in total. The molecular weight excluding hydrogens is 346 g/mol. The minimum atomic E-state index is -0.913. The summed E-state index contributed by atoms with van der Waals surface area (Å²) in [5.41, 5.74) is 0.555. The molecule has 0 aliphatic carbocycles. The van der Waals surface area contributed by atoms with Gasteiger partial charge in [-0.25, -0.2) is 0 Å². The number of amides is 2. The predicted molar refractivity (Wildman–Crippen MR) is 105 cm³/mol. The Bertz CT molecular complexity index is 831. The number of hydrogen-bond acceptors (Lipinski definition) is 4. The van der Waals surface area contributed by atoms with Gasteiger partial charge in [0.15, 0.2) is 0 Å². The van der Waals surface area contributed by atoms with E-state index in [-0.39, 0.29) is 11.8 Å². The highest BCUT2D eigenvalue weighted by molar-refractivity contribution is 7.10. The lowest BCUT2D eigenvalue weighted by Gasteiger charge is -2.42. The zero-order chi connectivity index (χ0) is 18.3. The van der Waals surface area contributed by atoms with Gasteiger partial charge in [0.2, 0.25) is 11.8 Å². The Morgan fingerprint density at radius 1 is 1.27 bits per heavy atom. The molecule has 0 saturated carbocycles. The molecule has 0 unspecified atom stereocenters. The molecule has 6 heteroatoms. The van der Waals surface area contributed by atoms with Crippen LogP contribution in [0.1, 0.15) is 37.6 Å². The number of rotatable bonds is 3. The summed E-state index contributed by atoms with van der Waals surface area (Å²) >= 11 is 1.74. The van der Waals surface area contributed by atoms with E-state index in [1.54, 1.807) is 30.1 Å². The number of likely N-dealkylation sites (tertiary alicyclic amines) is 1. The van der Waals surface area contributed by atoms with Crippen molar-refractivity contribution in [1.29, 1.82) is 0 Å². The second-order valence-corrected chi connectivity index (χ2v) is 8.38. The molecule has 2 amide bonds. The van der Waals surface area contributed by atoms with Crippen LogP contribution in [0.25, 0.3) is 0 Å². The topological polar surface area (TPSA) is 52.7 Å². The van der Waals surface area contributed by atoms with Gasteiger partial charge in [0.1, 0.15) is 5.54 Å². The molecule has 2 aliphatic heterocycles. The van der Waals surface area contributed by atoms with Crippen molar-refractivity contribution in [3.05, 3.63) is 46.7 Å². The normalized spacial score (nSPS) is 22.2. The fraction of sp³-hybridized carbons (Fsp3) is 0.400. The summed E-state index contributed by atoms with van der Waals surface area (Å²) in [5, 5.41) is 5.00. The van der Waals surface area contributed by atoms with Crippen LogP contribution in [-0.2, 0) is 9.59 Å². The molecule has 1 N–H and O–H groups in total. The summed E-state index contributed by atoms with van der Waals surface area (Å²) in [5.74, 6) is -0.179. The van der Waals surface area contributed by atoms with Gasteiger partial charge in [-0.15, -0.1) is 11.3 Å². The van der Waals surface area contributed by atoms with Gasteiger partial charge >= 0.3 is 0 Å². The van der Waals surface area contributed by atoms with Crippen LogP contribution in [0.15, 0.2) is 41.8 Å². The Balaban J connectivity index is 1.62. The third kappa shape index (κ3) is 2.83. The number of nitrogens with one attached hydrogen (secondary N) is 1. The molecule has 0 bridgehead atoms. The fourth-order valence-corrected chi connectivity index (χ4v) is 4.86. The monoisotopic (exact) mass is 369 g/mol. The standard InChI is InChI=1S/C20H23N3O2S/c1-20(2)19(25)21-14-7-3-4-8-15(14)23(20)18(24)13-22-11-5-9-16(22)17-10-6-12-26-17/h3-4,6-8,10,12,16H,5,9,11,13H2,1-2H3,(H,21,25)/t16-/m1/s1. The molecule has 3 heterocycles. The van der Waals surface area contributed by atoms with Gasteiger partial charge in [0.05, 0.1) is 17.9 Å². The summed E-state index contributed by atoms with van der Waals surface area (Å²) in [4.78, 5) is 31.1. The Morgan fingerprint density at radius 2 is 2.08 bits per heavy atom. The van der Waals surface area contributed by atoms with Crippen LogP contribution in [0.5, 0.6) is 0 Å². The summed E-state index contributed by atoms with van der Waals surface area (Å²) in [6.07, 6.45) is 2.17. The summed E-state index contributed by atoms with van der Waals surface area (Å²) in [7, 11) is 0. The summed E-state index contributed by atoms with van der Waals surface area (Å²) < 4.78 is 0. The quantitative estimate of drug-likeness (QED) is 0.898. The van der Waals surface area contributed by atoms with Crippen molar-refractivity contribution < 1.29 is 9.59 Å². The van der Waals surface area contributed by atoms with Crippen molar-refractivity contribution in [2.24, 2.45) is 0 Å². The first-order valence-electron chi connectivity index (χ1n) is 8.99. The van der Waals surface area contributed by atoms with Crippen molar-refractivity contribution in [2.45, 2.75) is 38.3 Å². The maximum Gasteiger partial charge on any atom is 0.250 e. The lowest BCUT2D eigenvalue weighted by Crippen LogP contribution is -2.60. The average molecular weight is 369 g/mol. The SMILES string of the molecule is CC1(C)C(=O)Nc2ccccc2N1C(=O)CN1CCC[C@@H]1c1cccs1. The highest BCUT2D eigenvalue weighted by Gasteiger charge is 2.44. The summed E-state index contributed by atoms with van der Waals surface area (Å²) in [6, 6.07) is 12.0. The molecular formula is C20H23N3O2S. The van der Waals surface area contributed by atoms with Gasteiger partial charge in [0, 0.05) is 10.9 Å². The molecule has 1 aromatic carbocycles. The van der Waals surface area contributed by atoms with Crippen molar-refractivity contribution >= 4 is 34.5 Å². The molecule has 2 aliphatic rings. The first kappa shape index (κ1) is 17.2. The number of carbonyl (C=O) groups is 2. The van der Waals surface area contributed by atoms with Crippen LogP contribution < -0.4 is 10.2 Å². The lowest BCUT2D eigenvalue weighted by molar-refractivity contribution is -0.127. The van der Waals surface area contributed by atoms with Gasteiger partial charge in [-0.05, 0) is 56.8 Å². The molecule has 1 aromatic heterocycles. The average Bonchev–Trinajstić information content (AvgIpc) is 3.26. The van der Waals surface area contributed by atoms with Gasteiger partial charge in [-0.3, -0.25) is 19.4 Å². The minimum absolute atomic E-state index is 0.0271. The molecule has 4 rings (SSSR count). The second kappa shape index (κ2) is 6.52. The number of fused-ring (bicyclic) bond motifs is 1. The van der Waals surface area contributed by atoms with Gasteiger partial charge < -0.3 is 5.32 Å². The molecule has 0 radical (unpaired) electrons. The van der Waals surface area contributed by atoms with Crippen LogP contribution in [-0.4, -0.2) is 35.3 Å². The third-order valence-corrected chi connectivity index (χ3v) is 6.30. The maximum atomic E-state index is 13.3. The van der Waals surface area contributed by atoms with Gasteiger partial charge in [-0.2, -0.15) is 0 Å². The molecule has 1 atom stereocenters. The first-order valence-corrected chi connectivity index (χ1v) is 9.87. The van der Waals surface area contributed by atoms with E-state index < -0.39 is 5.54 Å². The largest absolute Gasteiger partial charge is 0.322 e. The van der Waals surface area contributed by atoms with Gasteiger partial charge in [0.25, 0.3) is 0 Å². The number of carbonyl (C=O) groups excluding carboxylic acids is 2. The van der Waals surface area contributed by atoms with Crippen molar-refractivity contribution in [3.8, 4) is 0 Å². The smallest absolute Gasteiger partial charge is 0.250 e. The van der Waals surface area contributed by atoms with E-state index in [0.717, 1.165) is 25.1 Å². The molecule has 1 saturated heterocycles. The molecule has 0 spiro atoms. The van der Waals surface area contributed by atoms with Crippen LogP contribution in [0.3, 0.4) is 0 Å². The van der Waals surface area contributed by atoms with Crippen LogP contribution in [0, 0.1) is 0 Å². The highest BCUT2D eigenvalue weighted by atomic mass is 32.1. The maximum absolute atomic E-state index is 13.3. The Morgan fingerprint density at radius 3 is 2.85 bits per heavy atom. The fourth-order valence-electron chi connectivity index (χ4n) is 3.96. The number of hydrogen-bond donors (Lipinski definition) is 1. The molecule has 2 aromatic rings. The number of nitrogens with zero attached hydrogens (tertiary/aromatic N) is 2. The molecule has 1 fully saturated rings. The number of benzene rings is 1. The van der Waals surface area contributed by atoms with E-state index in [1.165, 1.54) is 4.88 Å². The van der Waals surface area contributed by atoms with Crippen LogP contribution >= 0.6 is 11.3 Å². The van der Waals surface area contributed by atoms with E-state index in [9.17, 15) is 9.59 Å². The predicted octanol–water partition coefficient (Wildman–Crippen LogP) is 3.65. The van der Waals surface area contributed by atoms with Crippen LogP contribution in [0.2, 0.25) is 0 Å². The Labute approximate surface area is 157 Å². The lowest BCUT2D eigenvalue weighted by atomic mass is 9.96.